The van der Waals surface area contributed by atoms with Gasteiger partial charge in [-0.1, -0.05) is 11.6 Å². The summed E-state index contributed by atoms with van der Waals surface area (Å²) >= 11 is 6.36. The Bertz CT molecular complexity index is 1100. The van der Waals surface area contributed by atoms with Crippen molar-refractivity contribution in [3.63, 3.8) is 0 Å². The van der Waals surface area contributed by atoms with Gasteiger partial charge in [0.2, 0.25) is 0 Å². The number of halogens is 6. The van der Waals surface area contributed by atoms with Gasteiger partial charge >= 0.3 is 11.9 Å². The Kier molecular flexibility index (Phi) is 5.29. The fraction of sp³-hybridized carbons (Fsp3) is 0.500. The van der Waals surface area contributed by atoms with Crippen molar-refractivity contribution < 1.29 is 17.6 Å². The van der Waals surface area contributed by atoms with Crippen LogP contribution in [-0.4, -0.2) is 34.6 Å². The molecular weight excluding hydrogens is 441 g/mol. The van der Waals surface area contributed by atoms with Crippen molar-refractivity contribution in [2.75, 3.05) is 23.8 Å². The van der Waals surface area contributed by atoms with E-state index in [1.165, 1.54) is 4.57 Å². The van der Waals surface area contributed by atoms with Crippen molar-refractivity contribution in [1.82, 2.24) is 9.24 Å². The van der Waals surface area contributed by atoms with E-state index in [2.05, 4.69) is 0 Å². The molecule has 0 spiro atoms. The van der Waals surface area contributed by atoms with E-state index >= 15 is 0 Å². The van der Waals surface area contributed by atoms with Gasteiger partial charge in [0.1, 0.15) is 5.82 Å². The second-order valence-electron chi connectivity index (χ2n) is 7.19. The summed E-state index contributed by atoms with van der Waals surface area (Å²) in [5.41, 5.74) is 3.53. The quantitative estimate of drug-likeness (QED) is 0.528. The van der Waals surface area contributed by atoms with Crippen molar-refractivity contribution in [1.29, 1.82) is 0 Å². The second-order valence-corrected chi connectivity index (χ2v) is 7.57. The van der Waals surface area contributed by atoms with Crippen LogP contribution in [0.2, 0.25) is 5.02 Å². The average Bonchev–Trinajstić information content (AvgIpc) is 3.35. The van der Waals surface area contributed by atoms with Crippen LogP contribution in [0.15, 0.2) is 15.7 Å². The van der Waals surface area contributed by atoms with Gasteiger partial charge < -0.3 is 16.5 Å². The molecule has 13 heteroatoms. The van der Waals surface area contributed by atoms with E-state index < -0.39 is 41.7 Å². The van der Waals surface area contributed by atoms with E-state index in [4.69, 9.17) is 23.2 Å². The van der Waals surface area contributed by atoms with Crippen LogP contribution in [0.5, 0.6) is 0 Å². The first kappa shape index (κ1) is 21.7. The minimum Gasteiger partial charge on any atom is -0.366 e. The van der Waals surface area contributed by atoms with Crippen LogP contribution < -0.4 is 27.7 Å². The molecule has 1 saturated carbocycles. The predicted molar refractivity (Wildman–Crippen MR) is 103 cm³/mol. The number of nitrogen functional groups attached to an aromatic ring is 1. The van der Waals surface area contributed by atoms with E-state index in [0.717, 1.165) is 11.0 Å². The summed E-state index contributed by atoms with van der Waals surface area (Å²) in [4.78, 5) is 25.9. The molecule has 2 aromatic rings. The number of benzene rings is 1. The van der Waals surface area contributed by atoms with Crippen molar-refractivity contribution in [3.05, 3.63) is 37.7 Å². The highest BCUT2D eigenvalue weighted by molar-refractivity contribution is 6.38. The Hall–Kier alpha value is -1.98. The number of rotatable bonds is 2. The number of anilines is 1. The topological polar surface area (TPSA) is 99.3 Å². The molecule has 29 heavy (non-hydrogen) atoms. The summed E-state index contributed by atoms with van der Waals surface area (Å²) in [6.07, 6.45) is -3.26. The van der Waals surface area contributed by atoms with Crippen LogP contribution >= 0.6 is 24.0 Å². The third kappa shape index (κ3) is 3.34. The molecule has 1 aromatic carbocycles. The van der Waals surface area contributed by atoms with E-state index in [1.54, 1.807) is 0 Å². The van der Waals surface area contributed by atoms with Crippen LogP contribution in [0, 0.1) is 11.7 Å². The highest BCUT2D eigenvalue weighted by Crippen LogP contribution is 2.43. The maximum atomic E-state index is 14.8. The van der Waals surface area contributed by atoms with Gasteiger partial charge in [0.25, 0.3) is 5.56 Å². The number of alkyl halides is 3. The first-order valence-electron chi connectivity index (χ1n) is 8.54. The van der Waals surface area contributed by atoms with E-state index in [9.17, 15) is 27.2 Å². The van der Waals surface area contributed by atoms with Gasteiger partial charge in [-0.2, -0.15) is 17.8 Å². The summed E-state index contributed by atoms with van der Waals surface area (Å²) < 4.78 is 55.8. The molecule has 1 aliphatic carbocycles. The summed E-state index contributed by atoms with van der Waals surface area (Å²) in [5, 5.41) is -0.511. The van der Waals surface area contributed by atoms with E-state index in [0.29, 0.717) is 17.5 Å². The predicted octanol–water partition coefficient (Wildman–Crippen LogP) is 1.75. The molecule has 2 unspecified atom stereocenters. The molecule has 4 N–H and O–H groups in total. The summed E-state index contributed by atoms with van der Waals surface area (Å²) in [6, 6.07) is -0.661. The molecule has 7 nitrogen and oxygen atoms in total. The molecule has 4 rings (SSSR count). The molecule has 160 valence electrons. The zero-order valence-electron chi connectivity index (χ0n) is 14.7. The lowest BCUT2D eigenvalue weighted by Crippen LogP contribution is -2.44. The van der Waals surface area contributed by atoms with Gasteiger partial charge in [-0.05, 0) is 18.9 Å². The third-order valence-corrected chi connectivity index (χ3v) is 5.64. The summed E-state index contributed by atoms with van der Waals surface area (Å²) in [7, 11) is 0. The number of nitrogens with zero attached hydrogens (tertiary/aromatic N) is 3. The first-order chi connectivity index (χ1) is 13.0. The fourth-order valence-electron chi connectivity index (χ4n) is 3.74. The van der Waals surface area contributed by atoms with Crippen molar-refractivity contribution in [2.24, 2.45) is 11.7 Å². The molecule has 2 heterocycles. The van der Waals surface area contributed by atoms with Crippen molar-refractivity contribution >= 4 is 40.6 Å². The van der Waals surface area contributed by atoms with Gasteiger partial charge in [0.05, 0.1) is 27.5 Å². The molecule has 0 bridgehead atoms. The summed E-state index contributed by atoms with van der Waals surface area (Å²) in [6.45, 7) is -0.845. The highest BCUT2D eigenvalue weighted by atomic mass is 35.5. The number of fused-ring (bicyclic) bond motifs is 1. The van der Waals surface area contributed by atoms with Crippen LogP contribution in [0.3, 0.4) is 0 Å². The van der Waals surface area contributed by atoms with Crippen molar-refractivity contribution in [3.8, 4) is 0 Å². The Morgan fingerprint density at radius 3 is 2.31 bits per heavy atom. The number of aromatic nitrogens is 2. The molecule has 2 aliphatic rings. The second kappa shape index (κ2) is 7.06. The lowest BCUT2D eigenvalue weighted by molar-refractivity contribution is -0.171. The largest absolute Gasteiger partial charge is 0.395 e. The zero-order valence-corrected chi connectivity index (χ0v) is 16.3. The Morgan fingerprint density at radius 2 is 1.79 bits per heavy atom. The molecule has 2 atom stereocenters. The highest BCUT2D eigenvalue weighted by Gasteiger charge is 2.49. The molecule has 2 fully saturated rings. The van der Waals surface area contributed by atoms with Crippen LogP contribution in [0.25, 0.3) is 10.9 Å². The lowest BCUT2D eigenvalue weighted by Gasteiger charge is -2.23. The Balaban J connectivity index is 0.00000240. The smallest absolute Gasteiger partial charge is 0.366 e. The molecule has 1 aromatic heterocycles. The molecule has 0 radical (unpaired) electrons. The Labute approximate surface area is 172 Å². The normalized spacial score (nSPS) is 22.2. The maximum absolute atomic E-state index is 14.8. The van der Waals surface area contributed by atoms with E-state index in [1.807, 2.05) is 0 Å². The lowest BCUT2D eigenvalue weighted by atomic mass is 10.0. The van der Waals surface area contributed by atoms with Crippen molar-refractivity contribution in [2.45, 2.75) is 31.1 Å². The van der Waals surface area contributed by atoms with Gasteiger partial charge in [-0.3, -0.25) is 9.36 Å². The van der Waals surface area contributed by atoms with Gasteiger partial charge in [-0.15, -0.1) is 12.4 Å². The standard InChI is InChI=1S/C16H16ClF4N5O2.ClH/c17-11-12-7(14(27)26(23)15(28)25(12)6-1-2-6)3-9(18)13(11)24-4-8(10(22)5-24)16(19,20)21;/h3,6,8,10H,1-2,4-5,22-23H2;1H. The minimum absolute atomic E-state index is 0. The van der Waals surface area contributed by atoms with Gasteiger partial charge in [0.15, 0.2) is 0 Å². The molecule has 1 aliphatic heterocycles. The monoisotopic (exact) mass is 457 g/mol. The number of hydrogen-bond donors (Lipinski definition) is 2. The molecule has 0 amide bonds. The SMILES string of the molecule is Cl.NC1CN(c2c(F)cc3c(=O)n(N)c(=O)n(C4CC4)c3c2Cl)CC1C(F)(F)F. The van der Waals surface area contributed by atoms with Crippen LogP contribution in [0.1, 0.15) is 18.9 Å². The van der Waals surface area contributed by atoms with E-state index in [-0.39, 0.29) is 46.6 Å². The average molecular weight is 458 g/mol. The maximum Gasteiger partial charge on any atom is 0.395 e. The van der Waals surface area contributed by atoms with Crippen LogP contribution in [0.4, 0.5) is 23.2 Å². The number of hydrogen-bond acceptors (Lipinski definition) is 5. The minimum atomic E-state index is -4.54. The van der Waals surface area contributed by atoms with Gasteiger partial charge in [0, 0.05) is 25.2 Å². The zero-order chi connectivity index (χ0) is 20.5. The summed E-state index contributed by atoms with van der Waals surface area (Å²) in [5.74, 6) is 2.69. The molecule has 1 saturated heterocycles. The third-order valence-electron chi connectivity index (χ3n) is 5.28. The van der Waals surface area contributed by atoms with Gasteiger partial charge in [-0.25, -0.2) is 9.18 Å². The Morgan fingerprint density at radius 1 is 1.17 bits per heavy atom. The number of nitrogens with two attached hydrogens (primary N) is 2. The molecular formula is C16H17Cl2F4N5O2. The first-order valence-corrected chi connectivity index (χ1v) is 8.91. The fourth-order valence-corrected chi connectivity index (χ4v) is 4.15. The van der Waals surface area contributed by atoms with Crippen LogP contribution in [-0.2, 0) is 0 Å².